The summed E-state index contributed by atoms with van der Waals surface area (Å²) in [5.74, 6) is -0.484. The Bertz CT molecular complexity index is 411. The summed E-state index contributed by atoms with van der Waals surface area (Å²) in [4.78, 5) is 11.0. The molecule has 0 fully saturated rings. The molecule has 0 radical (unpaired) electrons. The average molecular weight is 309 g/mol. The van der Waals surface area contributed by atoms with Crippen LogP contribution in [0.3, 0.4) is 0 Å². The van der Waals surface area contributed by atoms with Crippen molar-refractivity contribution in [3.8, 4) is 5.75 Å². The topological polar surface area (TPSA) is 72.5 Å². The van der Waals surface area contributed by atoms with Gasteiger partial charge in [-0.05, 0) is 22.0 Å². The molecule has 0 amide bonds. The standard InChI is InChI=1S/C10H11BrClNO3/c1-16-8(14)4-7(13)5-2-3-6(12)9(11)10(5)15/h2-3,7,15H,4,13H2,1H3/t7-/m0/s1. The smallest absolute Gasteiger partial charge is 0.307 e. The number of halogens is 2. The van der Waals surface area contributed by atoms with Crippen LogP contribution in [-0.4, -0.2) is 18.2 Å². The van der Waals surface area contributed by atoms with Crippen molar-refractivity contribution in [1.82, 2.24) is 0 Å². The highest BCUT2D eigenvalue weighted by molar-refractivity contribution is 9.10. The Kier molecular flexibility index (Phi) is 4.58. The monoisotopic (exact) mass is 307 g/mol. The first-order valence-electron chi connectivity index (χ1n) is 4.46. The van der Waals surface area contributed by atoms with E-state index in [-0.39, 0.29) is 12.2 Å². The second-order valence-electron chi connectivity index (χ2n) is 3.19. The highest BCUT2D eigenvalue weighted by Crippen LogP contribution is 2.37. The van der Waals surface area contributed by atoms with Crippen LogP contribution in [0.15, 0.2) is 16.6 Å². The number of aromatic hydroxyl groups is 1. The van der Waals surface area contributed by atoms with E-state index in [1.54, 1.807) is 12.1 Å². The molecule has 1 atom stereocenters. The molecule has 0 saturated heterocycles. The highest BCUT2D eigenvalue weighted by Gasteiger charge is 2.18. The van der Waals surface area contributed by atoms with Gasteiger partial charge in [-0.3, -0.25) is 4.79 Å². The number of phenolic OH excluding ortho intramolecular Hbond substituents is 1. The third-order valence-corrected chi connectivity index (χ3v) is 3.46. The number of phenols is 1. The van der Waals surface area contributed by atoms with Gasteiger partial charge in [0, 0.05) is 11.6 Å². The first kappa shape index (κ1) is 13.3. The molecule has 0 bridgehead atoms. The number of nitrogens with two attached hydrogens (primary N) is 1. The van der Waals surface area contributed by atoms with Gasteiger partial charge in [0.15, 0.2) is 0 Å². The number of hydrogen-bond acceptors (Lipinski definition) is 4. The molecule has 0 aliphatic rings. The van der Waals surface area contributed by atoms with E-state index in [1.165, 1.54) is 7.11 Å². The summed E-state index contributed by atoms with van der Waals surface area (Å²) in [5, 5.41) is 10.2. The number of carbonyl (C=O) groups is 1. The van der Waals surface area contributed by atoms with Crippen molar-refractivity contribution in [1.29, 1.82) is 0 Å². The molecule has 6 heteroatoms. The van der Waals surface area contributed by atoms with Gasteiger partial charge >= 0.3 is 5.97 Å². The van der Waals surface area contributed by atoms with Crippen LogP contribution in [0, 0.1) is 0 Å². The van der Waals surface area contributed by atoms with Gasteiger partial charge < -0.3 is 15.6 Å². The van der Waals surface area contributed by atoms with Crippen LogP contribution in [0.5, 0.6) is 5.75 Å². The second-order valence-corrected chi connectivity index (χ2v) is 4.39. The Labute approximate surface area is 106 Å². The molecular formula is C10H11BrClNO3. The predicted molar refractivity (Wildman–Crippen MR) is 64.4 cm³/mol. The molecule has 1 aromatic carbocycles. The van der Waals surface area contributed by atoms with E-state index in [1.807, 2.05) is 0 Å². The molecule has 0 aromatic heterocycles. The highest BCUT2D eigenvalue weighted by atomic mass is 79.9. The summed E-state index contributed by atoms with van der Waals surface area (Å²) in [5.41, 5.74) is 6.21. The minimum atomic E-state index is -0.624. The third-order valence-electron chi connectivity index (χ3n) is 2.11. The van der Waals surface area contributed by atoms with Crippen molar-refractivity contribution >= 4 is 33.5 Å². The van der Waals surface area contributed by atoms with Gasteiger partial charge in [-0.2, -0.15) is 0 Å². The van der Waals surface area contributed by atoms with E-state index in [2.05, 4.69) is 20.7 Å². The van der Waals surface area contributed by atoms with Crippen molar-refractivity contribution in [2.75, 3.05) is 7.11 Å². The fourth-order valence-corrected chi connectivity index (χ4v) is 1.74. The van der Waals surface area contributed by atoms with Crippen LogP contribution in [0.2, 0.25) is 5.02 Å². The van der Waals surface area contributed by atoms with Gasteiger partial charge in [0.05, 0.1) is 23.0 Å². The molecule has 16 heavy (non-hydrogen) atoms. The minimum absolute atomic E-state index is 0.00185. The first-order chi connectivity index (χ1) is 7.47. The molecule has 88 valence electrons. The molecule has 1 aromatic rings. The lowest BCUT2D eigenvalue weighted by Crippen LogP contribution is -2.16. The van der Waals surface area contributed by atoms with Crippen LogP contribution in [0.25, 0.3) is 0 Å². The zero-order valence-corrected chi connectivity index (χ0v) is 10.9. The summed E-state index contributed by atoms with van der Waals surface area (Å²) in [6.45, 7) is 0. The Hall–Kier alpha value is -0.780. The first-order valence-corrected chi connectivity index (χ1v) is 5.63. The molecule has 0 unspecified atom stereocenters. The van der Waals surface area contributed by atoms with Crippen LogP contribution in [0.1, 0.15) is 18.0 Å². The summed E-state index contributed by atoms with van der Waals surface area (Å²) in [6, 6.07) is 2.55. The maximum atomic E-state index is 11.0. The Morgan fingerprint density at radius 3 is 2.88 bits per heavy atom. The summed E-state index contributed by atoms with van der Waals surface area (Å²) < 4.78 is 4.87. The Morgan fingerprint density at radius 1 is 1.69 bits per heavy atom. The number of esters is 1. The molecule has 3 N–H and O–H groups in total. The number of methoxy groups -OCH3 is 1. The molecule has 4 nitrogen and oxygen atoms in total. The lowest BCUT2D eigenvalue weighted by Gasteiger charge is -2.13. The quantitative estimate of drug-likeness (QED) is 0.841. The third kappa shape index (κ3) is 2.87. The lowest BCUT2D eigenvalue weighted by atomic mass is 10.0. The van der Waals surface area contributed by atoms with Gasteiger partial charge in [-0.15, -0.1) is 0 Å². The van der Waals surface area contributed by atoms with Gasteiger partial charge in [-0.25, -0.2) is 0 Å². The van der Waals surface area contributed by atoms with Crippen molar-refractivity contribution in [3.63, 3.8) is 0 Å². The number of rotatable bonds is 3. The maximum absolute atomic E-state index is 11.0. The number of hydrogen-bond donors (Lipinski definition) is 2. The zero-order valence-electron chi connectivity index (χ0n) is 8.54. The largest absolute Gasteiger partial charge is 0.506 e. The van der Waals surface area contributed by atoms with Gasteiger partial charge in [0.1, 0.15) is 5.75 Å². The van der Waals surface area contributed by atoms with E-state index in [4.69, 9.17) is 17.3 Å². The fourth-order valence-electron chi connectivity index (χ4n) is 1.23. The lowest BCUT2D eigenvalue weighted by molar-refractivity contribution is -0.141. The molecule has 0 aliphatic heterocycles. The molecule has 0 saturated carbocycles. The molecule has 0 heterocycles. The molecule has 1 rings (SSSR count). The number of ether oxygens (including phenoxy) is 1. The van der Waals surface area contributed by atoms with E-state index in [0.29, 0.717) is 15.1 Å². The van der Waals surface area contributed by atoms with Crippen LogP contribution >= 0.6 is 27.5 Å². The maximum Gasteiger partial charge on any atom is 0.307 e. The zero-order chi connectivity index (χ0) is 12.3. The van der Waals surface area contributed by atoms with E-state index < -0.39 is 12.0 Å². The average Bonchev–Trinajstić information content (AvgIpc) is 2.25. The van der Waals surface area contributed by atoms with Crippen molar-refractivity contribution in [2.45, 2.75) is 12.5 Å². The molecule has 0 spiro atoms. The van der Waals surface area contributed by atoms with E-state index in [0.717, 1.165) is 0 Å². The summed E-state index contributed by atoms with van der Waals surface area (Å²) in [6.07, 6.45) is -0.00185. The van der Waals surface area contributed by atoms with Crippen LogP contribution < -0.4 is 5.73 Å². The predicted octanol–water partition coefficient (Wildman–Crippen LogP) is 2.37. The van der Waals surface area contributed by atoms with Gasteiger partial charge in [-0.1, -0.05) is 17.7 Å². The van der Waals surface area contributed by atoms with Crippen molar-refractivity contribution in [2.24, 2.45) is 5.73 Å². The fraction of sp³-hybridized carbons (Fsp3) is 0.300. The second kappa shape index (κ2) is 5.52. The SMILES string of the molecule is COC(=O)C[C@H](N)c1ccc(Cl)c(Br)c1O. The van der Waals surface area contributed by atoms with Crippen molar-refractivity contribution < 1.29 is 14.6 Å². The van der Waals surface area contributed by atoms with Crippen LogP contribution in [-0.2, 0) is 9.53 Å². The molecule has 0 aliphatic carbocycles. The Balaban J connectivity index is 2.96. The minimum Gasteiger partial charge on any atom is -0.506 e. The number of benzene rings is 1. The van der Waals surface area contributed by atoms with Gasteiger partial charge in [0.25, 0.3) is 0 Å². The normalized spacial score (nSPS) is 12.2. The molecular weight excluding hydrogens is 297 g/mol. The van der Waals surface area contributed by atoms with Crippen LogP contribution in [0.4, 0.5) is 0 Å². The summed E-state index contributed by atoms with van der Waals surface area (Å²) >= 11 is 8.91. The number of carbonyl (C=O) groups excluding carboxylic acids is 1. The Morgan fingerprint density at radius 2 is 2.31 bits per heavy atom. The summed E-state index contributed by atoms with van der Waals surface area (Å²) in [7, 11) is 1.28. The van der Waals surface area contributed by atoms with Gasteiger partial charge in [0.2, 0.25) is 0 Å². The van der Waals surface area contributed by atoms with E-state index >= 15 is 0 Å². The van der Waals surface area contributed by atoms with E-state index in [9.17, 15) is 9.90 Å². The van der Waals surface area contributed by atoms with Crippen molar-refractivity contribution in [3.05, 3.63) is 27.2 Å².